The first-order valence-electron chi connectivity index (χ1n) is 4.71. The summed E-state index contributed by atoms with van der Waals surface area (Å²) in [6.07, 6.45) is 0.420. The molecule has 16 heavy (non-hydrogen) atoms. The number of hydrogen-bond acceptors (Lipinski definition) is 5. The first-order valence-corrected chi connectivity index (χ1v) is 6.60. The average Bonchev–Trinajstić information content (AvgIpc) is 2.43. The smallest absolute Gasteiger partial charge is 0.317 e. The summed E-state index contributed by atoms with van der Waals surface area (Å²) in [6, 6.07) is -0.378. The maximum absolute atomic E-state index is 10.6. The number of nitrogens with zero attached hydrogens (tertiary/aromatic N) is 1. The first kappa shape index (κ1) is 13.2. The Hall–Kier alpha value is -0.830. The highest BCUT2D eigenvalue weighted by molar-refractivity contribution is 8.24. The van der Waals surface area contributed by atoms with Gasteiger partial charge in [-0.2, -0.15) is 10.6 Å². The monoisotopic (exact) mass is 253 g/mol. The number of aliphatic carboxylic acids is 2. The third-order valence-electron chi connectivity index (χ3n) is 2.43. The molecule has 0 radical (unpaired) electrons. The number of carboxylic acids is 2. The Morgan fingerprint density at radius 1 is 1.19 bits per heavy atom. The highest BCUT2D eigenvalue weighted by atomic mass is 32.3. The van der Waals surface area contributed by atoms with Gasteiger partial charge in [0.2, 0.25) is 0 Å². The molecule has 0 bridgehead atoms. The summed E-state index contributed by atoms with van der Waals surface area (Å²) in [5.74, 6) is -1.96. The molecule has 8 heteroatoms. The number of rotatable bonds is 5. The topological polar surface area (TPSA) is 118 Å². The maximum Gasteiger partial charge on any atom is 0.317 e. The molecule has 0 aromatic heterocycles. The van der Waals surface area contributed by atoms with E-state index in [9.17, 15) is 18.7 Å². The van der Waals surface area contributed by atoms with E-state index in [-0.39, 0.29) is 17.5 Å². The summed E-state index contributed by atoms with van der Waals surface area (Å²) in [5, 5.41) is 17.3. The summed E-state index contributed by atoms with van der Waals surface area (Å²) in [5.41, 5.74) is 0. The van der Waals surface area contributed by atoms with Crippen LogP contribution < -0.4 is 0 Å². The minimum atomic E-state index is -2.64. The minimum Gasteiger partial charge on any atom is -0.480 e. The second-order valence-corrected chi connectivity index (χ2v) is 6.15. The number of carbonyl (C=O) groups is 2. The van der Waals surface area contributed by atoms with E-state index < -0.39 is 35.6 Å². The zero-order valence-corrected chi connectivity index (χ0v) is 9.39. The van der Waals surface area contributed by atoms with E-state index in [1.165, 1.54) is 4.90 Å². The Morgan fingerprint density at radius 3 is 2.00 bits per heavy atom. The molecule has 0 aliphatic carbocycles. The van der Waals surface area contributed by atoms with Gasteiger partial charge in [0, 0.05) is 11.8 Å². The van der Waals surface area contributed by atoms with Crippen molar-refractivity contribution in [2.24, 2.45) is 0 Å². The Bertz CT molecular complexity index is 278. The van der Waals surface area contributed by atoms with Crippen molar-refractivity contribution >= 4 is 22.5 Å². The van der Waals surface area contributed by atoms with Crippen LogP contribution in [0.5, 0.6) is 0 Å². The van der Waals surface area contributed by atoms with Crippen LogP contribution in [0.25, 0.3) is 0 Å². The molecule has 1 heterocycles. The van der Waals surface area contributed by atoms with Crippen molar-refractivity contribution in [1.29, 1.82) is 0 Å². The summed E-state index contributed by atoms with van der Waals surface area (Å²) in [7, 11) is -2.64. The van der Waals surface area contributed by atoms with Crippen molar-refractivity contribution in [3.63, 3.8) is 0 Å². The van der Waals surface area contributed by atoms with Crippen molar-refractivity contribution in [2.45, 2.75) is 12.5 Å². The highest BCUT2D eigenvalue weighted by Gasteiger charge is 2.34. The van der Waals surface area contributed by atoms with Gasteiger partial charge < -0.3 is 10.2 Å². The molecule has 4 N–H and O–H groups in total. The van der Waals surface area contributed by atoms with Crippen LogP contribution in [0.1, 0.15) is 6.42 Å². The molecular weight excluding hydrogens is 238 g/mol. The van der Waals surface area contributed by atoms with Crippen LogP contribution in [0.15, 0.2) is 0 Å². The Labute approximate surface area is 94.0 Å². The summed E-state index contributed by atoms with van der Waals surface area (Å²) in [4.78, 5) is 22.4. The van der Waals surface area contributed by atoms with Gasteiger partial charge in [-0.3, -0.25) is 23.6 Å². The predicted molar refractivity (Wildman–Crippen MR) is 57.8 cm³/mol. The Balaban J connectivity index is 2.62. The molecule has 0 amide bonds. The van der Waals surface area contributed by atoms with Gasteiger partial charge in [-0.15, -0.1) is 0 Å². The fourth-order valence-corrected chi connectivity index (χ4v) is 3.56. The maximum atomic E-state index is 10.6. The molecule has 1 fully saturated rings. The second-order valence-electron chi connectivity index (χ2n) is 3.81. The van der Waals surface area contributed by atoms with Crippen LogP contribution in [0.2, 0.25) is 0 Å². The fraction of sp³-hybridized carbons (Fsp3) is 0.750. The largest absolute Gasteiger partial charge is 0.480 e. The lowest BCUT2D eigenvalue weighted by Gasteiger charge is -2.29. The first-order chi connectivity index (χ1) is 7.30. The second kappa shape index (κ2) is 5.00. The van der Waals surface area contributed by atoms with E-state index in [4.69, 9.17) is 10.2 Å². The molecule has 0 spiro atoms. The molecule has 1 aliphatic heterocycles. The van der Waals surface area contributed by atoms with E-state index in [1.807, 2.05) is 0 Å². The van der Waals surface area contributed by atoms with Crippen molar-refractivity contribution in [2.75, 3.05) is 24.6 Å². The van der Waals surface area contributed by atoms with E-state index in [0.29, 0.717) is 6.42 Å². The molecule has 1 saturated heterocycles. The molecule has 94 valence electrons. The molecule has 0 aromatic carbocycles. The molecule has 0 saturated carbocycles. The normalized spacial score (nSPS) is 25.6. The lowest BCUT2D eigenvalue weighted by Crippen LogP contribution is -2.42. The van der Waals surface area contributed by atoms with E-state index in [0.717, 1.165) is 0 Å². The Morgan fingerprint density at radius 2 is 1.69 bits per heavy atom. The van der Waals surface area contributed by atoms with E-state index >= 15 is 0 Å². The van der Waals surface area contributed by atoms with Gasteiger partial charge >= 0.3 is 11.9 Å². The van der Waals surface area contributed by atoms with Gasteiger partial charge in [-0.1, -0.05) is 0 Å². The molecule has 7 nitrogen and oxygen atoms in total. The van der Waals surface area contributed by atoms with Crippen molar-refractivity contribution in [3.8, 4) is 0 Å². The zero-order valence-electron chi connectivity index (χ0n) is 8.57. The van der Waals surface area contributed by atoms with Gasteiger partial charge in [0.05, 0.1) is 18.8 Å². The molecule has 1 unspecified atom stereocenters. The number of hydrogen-bond donors (Lipinski definition) is 4. The van der Waals surface area contributed by atoms with Crippen molar-refractivity contribution in [1.82, 2.24) is 4.90 Å². The number of carboxylic acid groups (broad SMARTS) is 2. The minimum absolute atomic E-state index is 0.0631. The SMILES string of the molecule is O=C(O)CN(CC(=O)O)C1CCS(O)(O)C1. The predicted octanol–water partition coefficient (Wildman–Crippen LogP) is -0.0195. The van der Waals surface area contributed by atoms with Crippen LogP contribution in [-0.2, 0) is 9.59 Å². The lowest BCUT2D eigenvalue weighted by atomic mass is 10.2. The van der Waals surface area contributed by atoms with Crippen molar-refractivity contribution in [3.05, 3.63) is 0 Å². The van der Waals surface area contributed by atoms with Gasteiger partial charge in [0.25, 0.3) is 0 Å². The third kappa shape index (κ3) is 3.97. The van der Waals surface area contributed by atoms with Gasteiger partial charge in [-0.05, 0) is 6.42 Å². The van der Waals surface area contributed by atoms with Crippen LogP contribution in [-0.4, -0.2) is 66.8 Å². The van der Waals surface area contributed by atoms with E-state index in [1.54, 1.807) is 0 Å². The molecular formula is C8H15NO6S. The van der Waals surface area contributed by atoms with Crippen LogP contribution >= 0.6 is 10.6 Å². The van der Waals surface area contributed by atoms with Gasteiger partial charge in [-0.25, -0.2) is 0 Å². The zero-order chi connectivity index (χ0) is 12.3. The van der Waals surface area contributed by atoms with Crippen molar-refractivity contribution < 1.29 is 28.9 Å². The molecule has 1 atom stereocenters. The fourth-order valence-electron chi connectivity index (χ4n) is 1.75. The van der Waals surface area contributed by atoms with Gasteiger partial charge in [0.15, 0.2) is 0 Å². The summed E-state index contributed by atoms with van der Waals surface area (Å²) < 4.78 is 18.8. The van der Waals surface area contributed by atoms with Crippen LogP contribution in [0, 0.1) is 0 Å². The van der Waals surface area contributed by atoms with Crippen LogP contribution in [0.3, 0.4) is 0 Å². The van der Waals surface area contributed by atoms with Crippen LogP contribution in [0.4, 0.5) is 0 Å². The van der Waals surface area contributed by atoms with E-state index in [2.05, 4.69) is 0 Å². The molecule has 0 aromatic rings. The standard InChI is InChI=1S/C8H15NO6S/c10-7(11)3-9(4-8(12)13)6-1-2-16(14,15)5-6/h6,14-15H,1-5H2,(H,10,11)(H,12,13). The Kier molecular flexibility index (Phi) is 4.14. The molecule has 1 aliphatic rings. The average molecular weight is 253 g/mol. The van der Waals surface area contributed by atoms with Gasteiger partial charge in [0.1, 0.15) is 0 Å². The quantitative estimate of drug-likeness (QED) is 0.543. The molecule has 1 rings (SSSR count). The summed E-state index contributed by atoms with van der Waals surface area (Å²) in [6.45, 7) is -0.793. The summed E-state index contributed by atoms with van der Waals surface area (Å²) >= 11 is 0. The highest BCUT2D eigenvalue weighted by Crippen LogP contribution is 2.46. The lowest BCUT2D eigenvalue weighted by molar-refractivity contribution is -0.142. The third-order valence-corrected chi connectivity index (χ3v) is 4.24.